The van der Waals surface area contributed by atoms with E-state index in [0.717, 1.165) is 42.9 Å². The van der Waals surface area contributed by atoms with E-state index in [-0.39, 0.29) is 11.3 Å². The Kier molecular flexibility index (Phi) is 3.22. The van der Waals surface area contributed by atoms with Gasteiger partial charge in [-0.05, 0) is 49.7 Å². The summed E-state index contributed by atoms with van der Waals surface area (Å²) in [6.07, 6.45) is 5.49. The highest BCUT2D eigenvalue weighted by atomic mass is 32.1. The van der Waals surface area contributed by atoms with E-state index in [1.54, 1.807) is 0 Å². The Morgan fingerprint density at radius 1 is 1.27 bits per heavy atom. The lowest BCUT2D eigenvalue weighted by atomic mass is 9.95. The number of rotatable bonds is 3. The van der Waals surface area contributed by atoms with Crippen LogP contribution < -0.4 is 0 Å². The highest BCUT2D eigenvalue weighted by Gasteiger charge is 2.52. The zero-order valence-electron chi connectivity index (χ0n) is 13.3. The molecule has 2 aliphatic carbocycles. The lowest BCUT2D eigenvalue weighted by Crippen LogP contribution is -2.39. The molecule has 3 aliphatic rings. The van der Waals surface area contributed by atoms with Crippen LogP contribution in [0.2, 0.25) is 0 Å². The van der Waals surface area contributed by atoms with Gasteiger partial charge in [-0.1, -0.05) is 13.8 Å². The maximum absolute atomic E-state index is 12.5. The molecule has 1 atom stereocenters. The molecular weight excluding hydrogens is 296 g/mol. The van der Waals surface area contributed by atoms with Gasteiger partial charge in [0.25, 0.3) is 0 Å². The van der Waals surface area contributed by atoms with E-state index in [2.05, 4.69) is 33.5 Å². The standard InChI is InChI=1S/C16H24N4OS/c1-16(2)9-12(16)14(21)19-7-5-10(6-8-19)13-17-18-15(22)20(13)11-3-4-11/h10-12H,3-9H2,1-2H3,(H,18,22)/t12-/m1/s1. The number of likely N-dealkylation sites (tertiary alicyclic amines) is 1. The summed E-state index contributed by atoms with van der Waals surface area (Å²) in [6, 6.07) is 0.563. The van der Waals surface area contributed by atoms with E-state index in [1.807, 2.05) is 0 Å². The Bertz CT molecular complexity index is 649. The topological polar surface area (TPSA) is 53.9 Å². The van der Waals surface area contributed by atoms with Crippen LogP contribution in [-0.2, 0) is 4.79 Å². The number of aromatic nitrogens is 3. The molecule has 120 valence electrons. The number of amides is 1. The van der Waals surface area contributed by atoms with E-state index in [4.69, 9.17) is 12.2 Å². The van der Waals surface area contributed by atoms with Crippen LogP contribution in [-0.4, -0.2) is 38.7 Å². The van der Waals surface area contributed by atoms with Gasteiger partial charge in [-0.2, -0.15) is 5.10 Å². The molecule has 2 saturated carbocycles. The summed E-state index contributed by atoms with van der Waals surface area (Å²) in [6.45, 7) is 6.10. The van der Waals surface area contributed by atoms with Gasteiger partial charge in [0.15, 0.2) is 4.77 Å². The van der Waals surface area contributed by atoms with Crippen LogP contribution in [0.4, 0.5) is 0 Å². The number of nitrogens with one attached hydrogen (secondary N) is 1. The van der Waals surface area contributed by atoms with Gasteiger partial charge in [0.1, 0.15) is 5.82 Å². The van der Waals surface area contributed by atoms with Gasteiger partial charge in [-0.3, -0.25) is 9.89 Å². The van der Waals surface area contributed by atoms with E-state index < -0.39 is 0 Å². The molecule has 0 bridgehead atoms. The predicted octanol–water partition coefficient (Wildman–Crippen LogP) is 3.03. The first-order valence-corrected chi connectivity index (χ1v) is 8.84. The number of carbonyl (C=O) groups is 1. The van der Waals surface area contributed by atoms with Gasteiger partial charge < -0.3 is 9.47 Å². The van der Waals surface area contributed by atoms with Crippen LogP contribution in [0.5, 0.6) is 0 Å². The second-order valence-corrected chi connectivity index (χ2v) is 8.22. The van der Waals surface area contributed by atoms with Crippen LogP contribution in [0.25, 0.3) is 0 Å². The molecule has 1 N–H and O–H groups in total. The van der Waals surface area contributed by atoms with Gasteiger partial charge in [0.05, 0.1) is 0 Å². The van der Waals surface area contributed by atoms with E-state index in [1.165, 1.54) is 12.8 Å². The fraction of sp³-hybridized carbons (Fsp3) is 0.812. The van der Waals surface area contributed by atoms with Crippen molar-refractivity contribution in [1.29, 1.82) is 0 Å². The summed E-state index contributed by atoms with van der Waals surface area (Å²) in [5.41, 5.74) is 0.225. The lowest BCUT2D eigenvalue weighted by Gasteiger charge is -2.32. The van der Waals surface area contributed by atoms with Crippen molar-refractivity contribution in [1.82, 2.24) is 19.7 Å². The smallest absolute Gasteiger partial charge is 0.226 e. The van der Waals surface area contributed by atoms with Gasteiger partial charge in [-0.15, -0.1) is 0 Å². The van der Waals surface area contributed by atoms with Crippen molar-refractivity contribution in [2.45, 2.75) is 57.9 Å². The normalized spacial score (nSPS) is 27.9. The number of hydrogen-bond acceptors (Lipinski definition) is 3. The average Bonchev–Trinajstić information content (AvgIpc) is 3.40. The Hall–Kier alpha value is -1.17. The second kappa shape index (κ2) is 4.91. The van der Waals surface area contributed by atoms with E-state index >= 15 is 0 Å². The molecule has 0 spiro atoms. The molecule has 1 aromatic heterocycles. The van der Waals surface area contributed by atoms with Crippen LogP contribution in [0, 0.1) is 16.1 Å². The molecule has 0 radical (unpaired) electrons. The third kappa shape index (κ3) is 2.41. The quantitative estimate of drug-likeness (QED) is 0.871. The Balaban J connectivity index is 1.42. The maximum Gasteiger partial charge on any atom is 0.226 e. The molecule has 5 nitrogen and oxygen atoms in total. The first kappa shape index (κ1) is 14.4. The van der Waals surface area contributed by atoms with Crippen molar-refractivity contribution in [2.75, 3.05) is 13.1 Å². The lowest BCUT2D eigenvalue weighted by molar-refractivity contribution is -0.134. The third-order valence-corrected chi connectivity index (χ3v) is 5.92. The van der Waals surface area contributed by atoms with Gasteiger partial charge in [0, 0.05) is 31.0 Å². The van der Waals surface area contributed by atoms with Crippen molar-refractivity contribution in [3.05, 3.63) is 10.6 Å². The highest BCUT2D eigenvalue weighted by molar-refractivity contribution is 7.71. The first-order valence-electron chi connectivity index (χ1n) is 8.43. The van der Waals surface area contributed by atoms with Crippen LogP contribution in [0.3, 0.4) is 0 Å². The van der Waals surface area contributed by atoms with E-state index in [0.29, 0.717) is 17.9 Å². The summed E-state index contributed by atoms with van der Waals surface area (Å²) >= 11 is 5.37. The molecular formula is C16H24N4OS. The molecule has 22 heavy (non-hydrogen) atoms. The van der Waals surface area contributed by atoms with E-state index in [9.17, 15) is 4.79 Å². The fourth-order valence-electron chi connectivity index (χ4n) is 3.76. The van der Waals surface area contributed by atoms with Crippen molar-refractivity contribution in [2.24, 2.45) is 11.3 Å². The van der Waals surface area contributed by atoms with Crippen molar-refractivity contribution < 1.29 is 4.79 Å². The number of H-pyrrole nitrogens is 1. The Morgan fingerprint density at radius 3 is 2.45 bits per heavy atom. The SMILES string of the molecule is CC1(C)C[C@@H]1C(=O)N1CCC(c2n[nH]c(=S)n2C2CC2)CC1. The predicted molar refractivity (Wildman–Crippen MR) is 86.1 cm³/mol. The minimum Gasteiger partial charge on any atom is -0.342 e. The number of hydrogen-bond donors (Lipinski definition) is 1. The van der Waals surface area contributed by atoms with Crippen molar-refractivity contribution in [3.63, 3.8) is 0 Å². The molecule has 0 aromatic carbocycles. The number of aromatic amines is 1. The first-order chi connectivity index (χ1) is 10.5. The van der Waals surface area contributed by atoms with Crippen molar-refractivity contribution >= 4 is 18.1 Å². The molecule has 1 aromatic rings. The average molecular weight is 320 g/mol. The molecule has 1 aliphatic heterocycles. The third-order valence-electron chi connectivity index (χ3n) is 5.63. The number of nitrogens with zero attached hydrogens (tertiary/aromatic N) is 3. The van der Waals surface area contributed by atoms with Crippen LogP contribution in [0.15, 0.2) is 0 Å². The van der Waals surface area contributed by atoms with Gasteiger partial charge in [0.2, 0.25) is 5.91 Å². The Labute approximate surface area is 136 Å². The van der Waals surface area contributed by atoms with Crippen molar-refractivity contribution in [3.8, 4) is 0 Å². The molecule has 0 unspecified atom stereocenters. The van der Waals surface area contributed by atoms with Gasteiger partial charge in [-0.25, -0.2) is 0 Å². The largest absolute Gasteiger partial charge is 0.342 e. The summed E-state index contributed by atoms with van der Waals surface area (Å²) in [5, 5.41) is 7.45. The van der Waals surface area contributed by atoms with Gasteiger partial charge >= 0.3 is 0 Å². The molecule has 4 rings (SSSR count). The molecule has 6 heteroatoms. The summed E-state index contributed by atoms with van der Waals surface area (Å²) < 4.78 is 2.98. The minimum atomic E-state index is 0.225. The molecule has 3 fully saturated rings. The molecule has 1 saturated heterocycles. The zero-order valence-corrected chi connectivity index (χ0v) is 14.2. The minimum absolute atomic E-state index is 0.225. The summed E-state index contributed by atoms with van der Waals surface area (Å²) in [4.78, 5) is 14.6. The summed E-state index contributed by atoms with van der Waals surface area (Å²) in [7, 11) is 0. The number of carbonyl (C=O) groups excluding carboxylic acids is 1. The maximum atomic E-state index is 12.5. The fourth-order valence-corrected chi connectivity index (χ4v) is 4.05. The zero-order chi connectivity index (χ0) is 15.5. The second-order valence-electron chi connectivity index (χ2n) is 7.83. The van der Waals surface area contributed by atoms with Crippen LogP contribution in [0.1, 0.15) is 63.7 Å². The Morgan fingerprint density at radius 2 is 1.91 bits per heavy atom. The van der Waals surface area contributed by atoms with Crippen LogP contribution >= 0.6 is 12.2 Å². The molecule has 2 heterocycles. The molecule has 1 amide bonds. The summed E-state index contributed by atoms with van der Waals surface area (Å²) in [5.74, 6) is 2.17. The number of piperidine rings is 1. The highest BCUT2D eigenvalue weighted by Crippen LogP contribution is 2.52. The monoisotopic (exact) mass is 320 g/mol.